The van der Waals surface area contributed by atoms with Crippen LogP contribution in [0.5, 0.6) is 0 Å². The second-order valence-electron chi connectivity index (χ2n) is 5.77. The number of thiophene rings is 1. The average Bonchev–Trinajstić information content (AvgIpc) is 3.04. The molecule has 0 N–H and O–H groups in total. The highest BCUT2D eigenvalue weighted by Gasteiger charge is 2.38. The third-order valence-electron chi connectivity index (χ3n) is 4.04. The Morgan fingerprint density at radius 1 is 0.960 bits per heavy atom. The van der Waals surface area contributed by atoms with E-state index in [1.165, 1.54) is 10.1 Å². The van der Waals surface area contributed by atoms with Gasteiger partial charge in [0.1, 0.15) is 0 Å². The summed E-state index contributed by atoms with van der Waals surface area (Å²) in [5.74, 6) is 0. The second-order valence-corrected chi connectivity index (χ2v) is 9.10. The molecule has 1 unspecified atom stereocenters. The molecule has 1 aromatic heterocycles. The van der Waals surface area contributed by atoms with Crippen molar-refractivity contribution >= 4 is 29.0 Å². The van der Waals surface area contributed by atoms with Gasteiger partial charge in [0.25, 0.3) is 0 Å². The molecule has 3 aromatic rings. The van der Waals surface area contributed by atoms with Crippen LogP contribution in [0.4, 0.5) is 0 Å². The number of hydrogen-bond acceptors (Lipinski definition) is 4. The van der Waals surface area contributed by atoms with Gasteiger partial charge >= 0.3 is 7.60 Å². The molecule has 25 heavy (non-hydrogen) atoms. The third-order valence-corrected chi connectivity index (χ3v) is 7.91. The van der Waals surface area contributed by atoms with E-state index in [4.69, 9.17) is 9.05 Å². The number of hydrogen-bond donors (Lipinski definition) is 0. The summed E-state index contributed by atoms with van der Waals surface area (Å²) < 4.78 is 26.1. The van der Waals surface area contributed by atoms with Crippen molar-refractivity contribution in [1.29, 1.82) is 0 Å². The van der Waals surface area contributed by atoms with Crippen LogP contribution in [0, 0.1) is 0 Å². The van der Waals surface area contributed by atoms with Gasteiger partial charge in [0.15, 0.2) is 0 Å². The van der Waals surface area contributed by atoms with Gasteiger partial charge < -0.3 is 9.05 Å². The Kier molecular flexibility index (Phi) is 6.08. The molecule has 132 valence electrons. The van der Waals surface area contributed by atoms with Crippen molar-refractivity contribution in [2.24, 2.45) is 0 Å². The summed E-state index contributed by atoms with van der Waals surface area (Å²) in [7, 11) is -3.26. The maximum atomic E-state index is 13.6. The van der Waals surface area contributed by atoms with Gasteiger partial charge in [0.05, 0.1) is 18.9 Å². The molecule has 5 heteroatoms. The lowest BCUT2D eigenvalue weighted by atomic mass is 10.1. The fraction of sp³-hybridized carbons (Fsp3) is 0.300. The average molecular weight is 374 g/mol. The van der Waals surface area contributed by atoms with Crippen molar-refractivity contribution in [3.8, 4) is 0 Å². The summed E-state index contributed by atoms with van der Waals surface area (Å²) in [6, 6.07) is 20.5. The molecule has 3 nitrogen and oxygen atoms in total. The summed E-state index contributed by atoms with van der Waals surface area (Å²) in [6.45, 7) is 4.45. The molecule has 0 aliphatic rings. The van der Waals surface area contributed by atoms with Gasteiger partial charge in [-0.15, -0.1) is 11.3 Å². The molecule has 0 spiro atoms. The quantitative estimate of drug-likeness (QED) is 0.425. The minimum absolute atomic E-state index is 0.299. The molecule has 0 bridgehead atoms. The molecule has 0 radical (unpaired) electrons. The highest BCUT2D eigenvalue weighted by Crippen LogP contribution is 2.63. The minimum atomic E-state index is -3.26. The fourth-order valence-corrected chi connectivity index (χ4v) is 6.52. The predicted octanol–water partition coefficient (Wildman–Crippen LogP) is 6.45. The van der Waals surface area contributed by atoms with Crippen molar-refractivity contribution in [1.82, 2.24) is 0 Å². The summed E-state index contributed by atoms with van der Waals surface area (Å²) >= 11 is 1.67. The Morgan fingerprint density at radius 2 is 1.60 bits per heavy atom. The molecule has 2 aromatic carbocycles. The number of fused-ring (bicyclic) bond motifs is 1. The Balaban J connectivity index is 2.05. The molecular weight excluding hydrogens is 351 g/mol. The third kappa shape index (κ3) is 4.21. The number of benzene rings is 2. The first-order chi connectivity index (χ1) is 12.2. The highest BCUT2D eigenvalue weighted by molar-refractivity contribution is 7.54. The van der Waals surface area contributed by atoms with E-state index in [1.807, 2.05) is 44.2 Å². The monoisotopic (exact) mass is 374 g/mol. The molecule has 0 aliphatic carbocycles. The van der Waals surface area contributed by atoms with E-state index in [0.717, 1.165) is 10.4 Å². The molecular formula is C20H23O3PS. The lowest BCUT2D eigenvalue weighted by Gasteiger charge is -2.25. The first-order valence-electron chi connectivity index (χ1n) is 8.57. The largest absolute Gasteiger partial charge is 0.339 e. The molecule has 0 saturated carbocycles. The molecule has 1 heterocycles. The fourth-order valence-electron chi connectivity index (χ4n) is 2.95. The van der Waals surface area contributed by atoms with E-state index in [2.05, 4.69) is 30.3 Å². The Bertz CT molecular complexity index is 817. The van der Waals surface area contributed by atoms with Crippen LogP contribution in [0.1, 0.15) is 29.9 Å². The summed E-state index contributed by atoms with van der Waals surface area (Å²) in [5, 5.41) is 1.17. The van der Waals surface area contributed by atoms with Gasteiger partial charge in [-0.25, -0.2) is 0 Å². The Hall–Kier alpha value is -1.45. The first kappa shape index (κ1) is 18.3. The topological polar surface area (TPSA) is 35.5 Å². The Labute approximate surface area is 153 Å². The summed E-state index contributed by atoms with van der Waals surface area (Å²) in [5.41, 5.74) is 0.830. The van der Waals surface area contributed by atoms with Crippen molar-refractivity contribution in [3.05, 3.63) is 71.1 Å². The maximum absolute atomic E-state index is 13.6. The van der Waals surface area contributed by atoms with Crippen molar-refractivity contribution in [2.75, 3.05) is 13.2 Å². The molecule has 0 amide bonds. The van der Waals surface area contributed by atoms with Crippen LogP contribution in [-0.2, 0) is 20.0 Å². The number of rotatable bonds is 8. The Morgan fingerprint density at radius 3 is 2.24 bits per heavy atom. The van der Waals surface area contributed by atoms with Gasteiger partial charge in [0, 0.05) is 9.58 Å². The van der Waals surface area contributed by atoms with Crippen LogP contribution in [0.3, 0.4) is 0 Å². The molecule has 1 atom stereocenters. The zero-order valence-electron chi connectivity index (χ0n) is 14.6. The zero-order chi connectivity index (χ0) is 17.7. The van der Waals surface area contributed by atoms with Gasteiger partial charge in [-0.2, -0.15) is 0 Å². The second kappa shape index (κ2) is 8.29. The van der Waals surface area contributed by atoms with Crippen LogP contribution < -0.4 is 0 Å². The minimum Gasteiger partial charge on any atom is -0.308 e. The first-order valence-corrected chi connectivity index (χ1v) is 11.0. The molecule has 3 rings (SSSR count). The van der Waals surface area contributed by atoms with Crippen molar-refractivity contribution in [3.63, 3.8) is 0 Å². The summed E-state index contributed by atoms with van der Waals surface area (Å²) in [6.07, 6.45) is 0.630. The van der Waals surface area contributed by atoms with Gasteiger partial charge in [-0.1, -0.05) is 48.5 Å². The van der Waals surface area contributed by atoms with Crippen LogP contribution in [0.15, 0.2) is 60.7 Å². The molecule has 0 saturated heterocycles. The SMILES string of the molecule is CCOP(=O)(OCC)C(Cc1ccccc1)c1cc2ccccc2s1. The lowest BCUT2D eigenvalue weighted by molar-refractivity contribution is 0.212. The van der Waals surface area contributed by atoms with Crippen LogP contribution >= 0.6 is 18.9 Å². The molecule has 0 fully saturated rings. The van der Waals surface area contributed by atoms with E-state index in [1.54, 1.807) is 11.3 Å². The maximum Gasteiger partial charge on any atom is 0.339 e. The van der Waals surface area contributed by atoms with Crippen molar-refractivity contribution < 1.29 is 13.6 Å². The predicted molar refractivity (Wildman–Crippen MR) is 106 cm³/mol. The van der Waals surface area contributed by atoms with Crippen LogP contribution in [-0.4, -0.2) is 13.2 Å². The molecule has 0 aliphatic heterocycles. The van der Waals surface area contributed by atoms with Gasteiger partial charge in [-0.3, -0.25) is 4.57 Å². The van der Waals surface area contributed by atoms with E-state index < -0.39 is 7.60 Å². The van der Waals surface area contributed by atoms with E-state index in [-0.39, 0.29) is 5.66 Å². The van der Waals surface area contributed by atoms with Gasteiger partial charge in [0.2, 0.25) is 0 Å². The van der Waals surface area contributed by atoms with E-state index >= 15 is 0 Å². The highest BCUT2D eigenvalue weighted by atomic mass is 32.1. The van der Waals surface area contributed by atoms with Crippen molar-refractivity contribution in [2.45, 2.75) is 25.9 Å². The zero-order valence-corrected chi connectivity index (χ0v) is 16.3. The van der Waals surface area contributed by atoms with E-state index in [0.29, 0.717) is 19.6 Å². The van der Waals surface area contributed by atoms with Crippen LogP contribution in [0.25, 0.3) is 10.1 Å². The standard InChI is InChI=1S/C20H23O3PS/c1-3-22-24(21,23-4-2)18(14-16-10-6-5-7-11-16)20-15-17-12-8-9-13-19(17)25-20/h5-13,15,18H,3-4,14H2,1-2H3. The van der Waals surface area contributed by atoms with Crippen LogP contribution in [0.2, 0.25) is 0 Å². The van der Waals surface area contributed by atoms with Gasteiger partial charge in [-0.05, 0) is 43.4 Å². The normalized spacial score (nSPS) is 13.2. The smallest absolute Gasteiger partial charge is 0.308 e. The lowest BCUT2D eigenvalue weighted by Crippen LogP contribution is -2.08. The summed E-state index contributed by atoms with van der Waals surface area (Å²) in [4.78, 5) is 1.05. The van der Waals surface area contributed by atoms with E-state index in [9.17, 15) is 4.57 Å².